The van der Waals surface area contributed by atoms with Crippen LogP contribution < -0.4 is 5.32 Å². The smallest absolute Gasteiger partial charge is 0.257 e. The minimum Gasteiger partial charge on any atom is -0.436 e. The number of carbonyl (C=O) groups excluding carboxylic acids is 1. The van der Waals surface area contributed by atoms with E-state index in [-0.39, 0.29) is 5.91 Å². The van der Waals surface area contributed by atoms with Crippen LogP contribution in [-0.2, 0) is 0 Å². The Labute approximate surface area is 184 Å². The quantitative estimate of drug-likeness (QED) is 0.349. The van der Waals surface area contributed by atoms with Crippen molar-refractivity contribution in [3.05, 3.63) is 81.8 Å². The van der Waals surface area contributed by atoms with Gasteiger partial charge in [-0.15, -0.1) is 0 Å². The standard InChI is InChI=1S/C24H20Cl2N2O2/c1-3-14(2)16-6-11-22-21(12-16)28-24(30-22)15-4-8-18(9-5-15)27-23(29)19-13-17(25)7-10-20(19)26/h4-14H,3H2,1-2H3,(H,27,29)/t14-/m1/s1. The van der Waals surface area contributed by atoms with Crippen LogP contribution in [0.25, 0.3) is 22.6 Å². The van der Waals surface area contributed by atoms with E-state index in [1.165, 1.54) is 5.56 Å². The monoisotopic (exact) mass is 438 g/mol. The average molecular weight is 439 g/mol. The van der Waals surface area contributed by atoms with Crippen molar-refractivity contribution in [2.45, 2.75) is 26.2 Å². The van der Waals surface area contributed by atoms with Gasteiger partial charge in [-0.2, -0.15) is 0 Å². The second kappa shape index (κ2) is 8.50. The van der Waals surface area contributed by atoms with Crippen molar-refractivity contribution in [3.63, 3.8) is 0 Å². The molecule has 0 aliphatic carbocycles. The molecule has 0 fully saturated rings. The lowest BCUT2D eigenvalue weighted by molar-refractivity contribution is 0.102. The first-order valence-electron chi connectivity index (χ1n) is 9.72. The van der Waals surface area contributed by atoms with E-state index in [9.17, 15) is 4.79 Å². The van der Waals surface area contributed by atoms with Crippen LogP contribution in [0.3, 0.4) is 0 Å². The van der Waals surface area contributed by atoms with Gasteiger partial charge in [-0.1, -0.05) is 43.1 Å². The first-order chi connectivity index (χ1) is 14.4. The number of nitrogens with zero attached hydrogens (tertiary/aromatic N) is 1. The predicted octanol–water partition coefficient (Wildman–Crippen LogP) is 7.57. The Morgan fingerprint density at radius 1 is 1.07 bits per heavy atom. The second-order valence-electron chi connectivity index (χ2n) is 7.21. The Balaban J connectivity index is 1.54. The van der Waals surface area contributed by atoms with Gasteiger partial charge in [-0.3, -0.25) is 4.79 Å². The summed E-state index contributed by atoms with van der Waals surface area (Å²) in [5, 5.41) is 3.62. The fraction of sp³-hybridized carbons (Fsp3) is 0.167. The van der Waals surface area contributed by atoms with Gasteiger partial charge in [-0.25, -0.2) is 4.98 Å². The molecule has 0 saturated heterocycles. The minimum absolute atomic E-state index is 0.323. The van der Waals surface area contributed by atoms with E-state index >= 15 is 0 Å². The van der Waals surface area contributed by atoms with Gasteiger partial charge in [0.15, 0.2) is 5.58 Å². The summed E-state index contributed by atoms with van der Waals surface area (Å²) in [6.45, 7) is 4.37. The van der Waals surface area contributed by atoms with Gasteiger partial charge >= 0.3 is 0 Å². The van der Waals surface area contributed by atoms with Gasteiger partial charge in [0.25, 0.3) is 5.91 Å². The molecule has 0 radical (unpaired) electrons. The molecule has 0 bridgehead atoms. The number of benzene rings is 3. The minimum atomic E-state index is -0.324. The lowest BCUT2D eigenvalue weighted by atomic mass is 9.98. The highest BCUT2D eigenvalue weighted by Crippen LogP contribution is 2.29. The molecule has 4 aromatic rings. The molecule has 3 aromatic carbocycles. The summed E-state index contributed by atoms with van der Waals surface area (Å²) in [6, 6.07) is 18.2. The van der Waals surface area contributed by atoms with Gasteiger partial charge in [0.1, 0.15) is 5.52 Å². The highest BCUT2D eigenvalue weighted by molar-refractivity contribution is 6.36. The van der Waals surface area contributed by atoms with E-state index in [1.807, 2.05) is 18.2 Å². The molecule has 0 spiro atoms. The zero-order chi connectivity index (χ0) is 21.3. The fourth-order valence-corrected chi connectivity index (χ4v) is 3.55. The number of amides is 1. The molecular weight excluding hydrogens is 419 g/mol. The molecule has 152 valence electrons. The van der Waals surface area contributed by atoms with Gasteiger partial charge in [0.05, 0.1) is 10.6 Å². The van der Waals surface area contributed by atoms with Crippen molar-refractivity contribution < 1.29 is 9.21 Å². The molecule has 4 rings (SSSR count). The fourth-order valence-electron chi connectivity index (χ4n) is 3.18. The van der Waals surface area contributed by atoms with Gasteiger partial charge < -0.3 is 9.73 Å². The third kappa shape index (κ3) is 4.20. The van der Waals surface area contributed by atoms with Crippen LogP contribution in [0.5, 0.6) is 0 Å². The summed E-state index contributed by atoms with van der Waals surface area (Å²) < 4.78 is 5.91. The van der Waals surface area contributed by atoms with Crippen molar-refractivity contribution in [2.75, 3.05) is 5.32 Å². The number of aromatic nitrogens is 1. The zero-order valence-electron chi connectivity index (χ0n) is 16.6. The maximum absolute atomic E-state index is 12.5. The largest absolute Gasteiger partial charge is 0.436 e. The van der Waals surface area contributed by atoms with Crippen LogP contribution in [0.2, 0.25) is 10.0 Å². The summed E-state index contributed by atoms with van der Waals surface area (Å²) in [6.07, 6.45) is 1.07. The molecule has 1 heterocycles. The molecule has 30 heavy (non-hydrogen) atoms. The maximum atomic E-state index is 12.5. The molecule has 6 heteroatoms. The molecule has 1 N–H and O–H groups in total. The third-order valence-electron chi connectivity index (χ3n) is 5.16. The van der Waals surface area contributed by atoms with Crippen molar-refractivity contribution in [2.24, 2.45) is 0 Å². The molecule has 0 saturated carbocycles. The zero-order valence-corrected chi connectivity index (χ0v) is 18.1. The number of oxazole rings is 1. The van der Waals surface area contributed by atoms with Gasteiger partial charge in [-0.05, 0) is 72.5 Å². The van der Waals surface area contributed by atoms with E-state index in [1.54, 1.807) is 30.3 Å². The highest BCUT2D eigenvalue weighted by atomic mass is 35.5. The van der Waals surface area contributed by atoms with Crippen LogP contribution in [0.15, 0.2) is 65.1 Å². The molecule has 0 aliphatic heterocycles. The van der Waals surface area contributed by atoms with Crippen LogP contribution in [-0.4, -0.2) is 10.9 Å². The molecule has 1 amide bonds. The van der Waals surface area contributed by atoms with Crippen LogP contribution in [0.1, 0.15) is 42.1 Å². The van der Waals surface area contributed by atoms with Crippen LogP contribution in [0.4, 0.5) is 5.69 Å². The van der Waals surface area contributed by atoms with E-state index in [4.69, 9.17) is 27.6 Å². The van der Waals surface area contributed by atoms with E-state index in [0.717, 1.165) is 23.1 Å². The first kappa shape index (κ1) is 20.5. The molecule has 0 unspecified atom stereocenters. The highest BCUT2D eigenvalue weighted by Gasteiger charge is 2.13. The van der Waals surface area contributed by atoms with Crippen LogP contribution >= 0.6 is 23.2 Å². The number of anilines is 1. The third-order valence-corrected chi connectivity index (χ3v) is 5.72. The molecule has 1 atom stereocenters. The SMILES string of the molecule is CC[C@@H](C)c1ccc2oc(-c3ccc(NC(=O)c4cc(Cl)ccc4Cl)cc3)nc2c1. The lowest BCUT2D eigenvalue weighted by Crippen LogP contribution is -2.12. The molecule has 1 aromatic heterocycles. The Morgan fingerprint density at radius 3 is 2.57 bits per heavy atom. The van der Waals surface area contributed by atoms with Crippen molar-refractivity contribution in [1.29, 1.82) is 0 Å². The van der Waals surface area contributed by atoms with Crippen molar-refractivity contribution >= 4 is 45.9 Å². The number of hydrogen-bond donors (Lipinski definition) is 1. The predicted molar refractivity (Wildman–Crippen MR) is 123 cm³/mol. The Morgan fingerprint density at radius 2 is 1.83 bits per heavy atom. The second-order valence-corrected chi connectivity index (χ2v) is 8.05. The van der Waals surface area contributed by atoms with E-state index in [2.05, 4.69) is 36.3 Å². The maximum Gasteiger partial charge on any atom is 0.257 e. The first-order valence-corrected chi connectivity index (χ1v) is 10.5. The Hall–Kier alpha value is -2.82. The van der Waals surface area contributed by atoms with Crippen LogP contribution in [0, 0.1) is 0 Å². The number of fused-ring (bicyclic) bond motifs is 1. The number of hydrogen-bond acceptors (Lipinski definition) is 3. The summed E-state index contributed by atoms with van der Waals surface area (Å²) in [5.41, 5.74) is 4.64. The van der Waals surface area contributed by atoms with E-state index < -0.39 is 0 Å². The summed E-state index contributed by atoms with van der Waals surface area (Å²) in [5.74, 6) is 0.696. The lowest BCUT2D eigenvalue weighted by Gasteiger charge is -2.07. The normalized spacial score (nSPS) is 12.1. The Bertz CT molecular complexity index is 1220. The summed E-state index contributed by atoms with van der Waals surface area (Å²) in [7, 11) is 0. The summed E-state index contributed by atoms with van der Waals surface area (Å²) in [4.78, 5) is 17.1. The molecular formula is C24H20Cl2N2O2. The number of nitrogens with one attached hydrogen (secondary N) is 1. The molecule has 0 aliphatic rings. The topological polar surface area (TPSA) is 55.1 Å². The summed E-state index contributed by atoms with van der Waals surface area (Å²) >= 11 is 12.1. The average Bonchev–Trinajstić information content (AvgIpc) is 3.18. The van der Waals surface area contributed by atoms with Gasteiger partial charge in [0, 0.05) is 16.3 Å². The number of rotatable bonds is 5. The molecule has 4 nitrogen and oxygen atoms in total. The van der Waals surface area contributed by atoms with Gasteiger partial charge in [0.2, 0.25) is 5.89 Å². The van der Waals surface area contributed by atoms with E-state index in [0.29, 0.717) is 33.1 Å². The van der Waals surface area contributed by atoms with Crippen molar-refractivity contribution in [1.82, 2.24) is 4.98 Å². The number of halogens is 2. The Kier molecular flexibility index (Phi) is 5.80. The van der Waals surface area contributed by atoms with Crippen molar-refractivity contribution in [3.8, 4) is 11.5 Å². The number of carbonyl (C=O) groups is 1.